The van der Waals surface area contributed by atoms with Gasteiger partial charge in [-0.25, -0.2) is 0 Å². The Morgan fingerprint density at radius 3 is 2.31 bits per heavy atom. The summed E-state index contributed by atoms with van der Waals surface area (Å²) in [6.45, 7) is 0. The molecular formula is C8H9ClO3S. The molecule has 0 saturated carbocycles. The number of rotatable bonds is 3. The second kappa shape index (κ2) is 4.09. The van der Waals surface area contributed by atoms with Gasteiger partial charge in [0.05, 0.1) is 11.1 Å². The lowest BCUT2D eigenvalue weighted by Crippen LogP contribution is -2.09. The Morgan fingerprint density at radius 1 is 1.31 bits per heavy atom. The second-order valence-corrected chi connectivity index (χ2v) is 4.65. The van der Waals surface area contributed by atoms with E-state index in [0.29, 0.717) is 5.56 Å². The molecule has 1 rings (SSSR count). The monoisotopic (exact) mass is 220 g/mol. The van der Waals surface area contributed by atoms with Gasteiger partial charge in [-0.1, -0.05) is 30.3 Å². The van der Waals surface area contributed by atoms with Crippen molar-refractivity contribution in [2.75, 3.05) is 5.75 Å². The Morgan fingerprint density at radius 2 is 1.85 bits per heavy atom. The van der Waals surface area contributed by atoms with E-state index in [1.54, 1.807) is 30.3 Å². The molecule has 1 atom stereocenters. The molecular weight excluding hydrogens is 212 g/mol. The molecule has 5 heteroatoms. The van der Waals surface area contributed by atoms with Crippen LogP contribution in [0.4, 0.5) is 0 Å². The van der Waals surface area contributed by atoms with Crippen molar-refractivity contribution in [2.24, 2.45) is 0 Å². The molecule has 0 spiro atoms. The number of benzene rings is 1. The van der Waals surface area contributed by atoms with Gasteiger partial charge in [-0.15, -0.1) is 11.6 Å². The highest BCUT2D eigenvalue weighted by Gasteiger charge is 2.15. The average molecular weight is 221 g/mol. The lowest BCUT2D eigenvalue weighted by atomic mass is 10.2. The molecule has 0 heterocycles. The summed E-state index contributed by atoms with van der Waals surface area (Å²) in [5.41, 5.74) is 0.682. The van der Waals surface area contributed by atoms with Gasteiger partial charge in [-0.3, -0.25) is 4.55 Å². The predicted octanol–water partition coefficient (Wildman–Crippen LogP) is 1.85. The Hall–Kier alpha value is -0.580. The zero-order valence-corrected chi connectivity index (χ0v) is 8.29. The van der Waals surface area contributed by atoms with Crippen molar-refractivity contribution in [1.29, 1.82) is 0 Å². The second-order valence-electron chi connectivity index (χ2n) is 2.63. The molecule has 0 radical (unpaired) electrons. The normalized spacial score (nSPS) is 14.0. The Balaban J connectivity index is 2.76. The molecule has 0 saturated heterocycles. The standard InChI is InChI=1S/C8H9ClO3S/c9-8(6-13(10,11)12)7-4-2-1-3-5-7/h1-5,8H,6H2,(H,10,11,12). The Bertz CT molecular complexity index is 360. The molecule has 13 heavy (non-hydrogen) atoms. The molecule has 0 bridgehead atoms. The van der Waals surface area contributed by atoms with E-state index in [0.717, 1.165) is 0 Å². The highest BCUT2D eigenvalue weighted by atomic mass is 35.5. The minimum Gasteiger partial charge on any atom is -0.285 e. The van der Waals surface area contributed by atoms with Crippen molar-refractivity contribution >= 4 is 21.7 Å². The van der Waals surface area contributed by atoms with Gasteiger partial charge in [0.25, 0.3) is 10.1 Å². The van der Waals surface area contributed by atoms with Gasteiger partial charge >= 0.3 is 0 Å². The van der Waals surface area contributed by atoms with Crippen molar-refractivity contribution in [3.05, 3.63) is 35.9 Å². The van der Waals surface area contributed by atoms with E-state index >= 15 is 0 Å². The van der Waals surface area contributed by atoms with Crippen molar-refractivity contribution in [3.63, 3.8) is 0 Å². The van der Waals surface area contributed by atoms with Crippen LogP contribution in [0.2, 0.25) is 0 Å². The molecule has 72 valence electrons. The third-order valence-corrected chi connectivity index (χ3v) is 2.86. The largest absolute Gasteiger partial charge is 0.285 e. The van der Waals surface area contributed by atoms with Gasteiger partial charge in [0.2, 0.25) is 0 Å². The van der Waals surface area contributed by atoms with Crippen LogP contribution < -0.4 is 0 Å². The van der Waals surface area contributed by atoms with E-state index in [-0.39, 0.29) is 0 Å². The van der Waals surface area contributed by atoms with Crippen LogP contribution in [0, 0.1) is 0 Å². The Labute approximate surface area is 82.1 Å². The van der Waals surface area contributed by atoms with E-state index < -0.39 is 21.2 Å². The highest BCUT2D eigenvalue weighted by molar-refractivity contribution is 7.85. The summed E-state index contributed by atoms with van der Waals surface area (Å²) in [6.07, 6.45) is 0. The zero-order valence-electron chi connectivity index (χ0n) is 6.72. The molecule has 1 unspecified atom stereocenters. The lowest BCUT2D eigenvalue weighted by molar-refractivity contribution is 0.482. The van der Waals surface area contributed by atoms with Gasteiger partial charge in [0.1, 0.15) is 0 Å². The van der Waals surface area contributed by atoms with Crippen LogP contribution in [0.25, 0.3) is 0 Å². The van der Waals surface area contributed by atoms with Crippen molar-refractivity contribution in [1.82, 2.24) is 0 Å². The third-order valence-electron chi connectivity index (χ3n) is 1.52. The maximum Gasteiger partial charge on any atom is 0.266 e. The van der Waals surface area contributed by atoms with Crippen LogP contribution in [-0.2, 0) is 10.1 Å². The maximum atomic E-state index is 10.5. The lowest BCUT2D eigenvalue weighted by Gasteiger charge is -2.06. The SMILES string of the molecule is O=S(=O)(O)CC(Cl)c1ccccc1. The number of hydrogen-bond acceptors (Lipinski definition) is 2. The van der Waals surface area contributed by atoms with E-state index in [1.165, 1.54) is 0 Å². The molecule has 0 aliphatic carbocycles. The van der Waals surface area contributed by atoms with Gasteiger partial charge in [-0.2, -0.15) is 8.42 Å². The number of hydrogen-bond donors (Lipinski definition) is 1. The Kier molecular flexibility index (Phi) is 3.30. The minimum atomic E-state index is -4.00. The first-order valence-electron chi connectivity index (χ1n) is 3.63. The van der Waals surface area contributed by atoms with E-state index in [1.807, 2.05) is 0 Å². The molecule has 0 fully saturated rings. The molecule has 0 aliphatic rings. The average Bonchev–Trinajstić information content (AvgIpc) is 2.03. The van der Waals surface area contributed by atoms with Crippen molar-refractivity contribution in [3.8, 4) is 0 Å². The van der Waals surface area contributed by atoms with Crippen molar-refractivity contribution < 1.29 is 13.0 Å². The summed E-state index contributed by atoms with van der Waals surface area (Å²) < 4.78 is 29.5. The number of halogens is 1. The molecule has 0 aliphatic heterocycles. The maximum absolute atomic E-state index is 10.5. The highest BCUT2D eigenvalue weighted by Crippen LogP contribution is 2.21. The van der Waals surface area contributed by atoms with Crippen molar-refractivity contribution in [2.45, 2.75) is 5.38 Å². The minimum absolute atomic E-state index is 0.460. The van der Waals surface area contributed by atoms with Crippen LogP contribution in [0.15, 0.2) is 30.3 Å². The fourth-order valence-corrected chi connectivity index (χ4v) is 2.13. The molecule has 1 N–H and O–H groups in total. The summed E-state index contributed by atoms with van der Waals surface area (Å²) >= 11 is 5.75. The summed E-state index contributed by atoms with van der Waals surface area (Å²) in [5, 5.41) is -0.698. The first-order valence-corrected chi connectivity index (χ1v) is 5.68. The van der Waals surface area contributed by atoms with E-state index in [2.05, 4.69) is 0 Å². The topological polar surface area (TPSA) is 54.4 Å². The molecule has 0 aromatic heterocycles. The molecule has 1 aromatic rings. The van der Waals surface area contributed by atoms with Gasteiger partial charge in [0.15, 0.2) is 0 Å². The fourth-order valence-electron chi connectivity index (χ4n) is 0.943. The van der Waals surface area contributed by atoms with E-state index in [9.17, 15) is 8.42 Å². The van der Waals surface area contributed by atoms with Crippen LogP contribution >= 0.6 is 11.6 Å². The van der Waals surface area contributed by atoms with E-state index in [4.69, 9.17) is 16.2 Å². The molecule has 0 amide bonds. The summed E-state index contributed by atoms with van der Waals surface area (Å²) in [6, 6.07) is 8.75. The smallest absolute Gasteiger partial charge is 0.266 e. The van der Waals surface area contributed by atoms with Crippen LogP contribution in [0.1, 0.15) is 10.9 Å². The third kappa shape index (κ3) is 3.76. The van der Waals surface area contributed by atoms with Crippen LogP contribution in [-0.4, -0.2) is 18.7 Å². The molecule has 3 nitrogen and oxygen atoms in total. The molecule has 1 aromatic carbocycles. The fraction of sp³-hybridized carbons (Fsp3) is 0.250. The first-order chi connectivity index (χ1) is 5.99. The summed E-state index contributed by atoms with van der Waals surface area (Å²) in [5.74, 6) is -0.460. The quantitative estimate of drug-likeness (QED) is 0.625. The van der Waals surface area contributed by atoms with Gasteiger partial charge in [-0.05, 0) is 5.56 Å². The first kappa shape index (κ1) is 10.5. The number of alkyl halides is 1. The van der Waals surface area contributed by atoms with Gasteiger partial charge in [0, 0.05) is 0 Å². The summed E-state index contributed by atoms with van der Waals surface area (Å²) in [7, 11) is -4.00. The van der Waals surface area contributed by atoms with Gasteiger partial charge < -0.3 is 0 Å². The zero-order chi connectivity index (χ0) is 9.90. The van der Waals surface area contributed by atoms with Crippen LogP contribution in [0.5, 0.6) is 0 Å². The van der Waals surface area contributed by atoms with Crippen LogP contribution in [0.3, 0.4) is 0 Å². The predicted molar refractivity (Wildman–Crippen MR) is 51.5 cm³/mol. The summed E-state index contributed by atoms with van der Waals surface area (Å²) in [4.78, 5) is 0.